The summed E-state index contributed by atoms with van der Waals surface area (Å²) in [6.07, 6.45) is 10.6. The summed E-state index contributed by atoms with van der Waals surface area (Å²) in [4.78, 5) is 10.9. The van der Waals surface area contributed by atoms with Crippen molar-refractivity contribution in [3.63, 3.8) is 0 Å². The molecule has 3 heteroatoms. The van der Waals surface area contributed by atoms with Crippen LogP contribution in [0.5, 0.6) is 0 Å². The van der Waals surface area contributed by atoms with Gasteiger partial charge in [-0.25, -0.2) is 0 Å². The lowest BCUT2D eigenvalue weighted by atomic mass is 9.95. The van der Waals surface area contributed by atoms with Crippen molar-refractivity contribution >= 4 is 5.97 Å². The van der Waals surface area contributed by atoms with E-state index in [4.69, 9.17) is 5.73 Å². The second kappa shape index (κ2) is 11.9. The van der Waals surface area contributed by atoms with Crippen LogP contribution in [-0.2, 0) is 4.79 Å². The number of unbranched alkanes of at least 4 members (excludes halogenated alkanes) is 6. The molecule has 0 saturated heterocycles. The molecule has 0 heterocycles. The van der Waals surface area contributed by atoms with Crippen LogP contribution in [0.4, 0.5) is 0 Å². The molecule has 0 aliphatic heterocycles. The first-order valence-electron chi connectivity index (χ1n) is 7.13. The number of aliphatic carboxylic acids is 1. The maximum atomic E-state index is 10.9. The first-order valence-corrected chi connectivity index (χ1v) is 7.13. The van der Waals surface area contributed by atoms with E-state index in [1.807, 2.05) is 0 Å². The number of nitrogens with two attached hydrogens (primary N) is 1. The van der Waals surface area contributed by atoms with E-state index in [0.29, 0.717) is 6.54 Å². The van der Waals surface area contributed by atoms with Crippen LogP contribution in [-0.4, -0.2) is 12.5 Å². The van der Waals surface area contributed by atoms with Gasteiger partial charge in [-0.15, -0.1) is 0 Å². The number of hydrogen-bond acceptors (Lipinski definition) is 3. The minimum Gasteiger partial charge on any atom is -0.550 e. The highest BCUT2D eigenvalue weighted by atomic mass is 16.4. The normalized spacial score (nSPS) is 12.6. The largest absolute Gasteiger partial charge is 0.550 e. The van der Waals surface area contributed by atoms with E-state index in [1.54, 1.807) is 0 Å². The topological polar surface area (TPSA) is 66.2 Å². The Labute approximate surface area is 106 Å². The molecule has 0 aromatic rings. The van der Waals surface area contributed by atoms with Crippen molar-refractivity contribution in [3.05, 3.63) is 0 Å². The molecule has 0 spiro atoms. The third-order valence-corrected chi connectivity index (χ3v) is 3.25. The number of carboxylic acid groups (broad SMARTS) is 1. The standard InChI is InChI=1S/C14H29NO2/c1-2-3-4-5-6-7-10-13(14(16)17)11-8-9-12-15/h13H,2-12,15H2,1H3,(H,16,17)/p-1. The smallest absolute Gasteiger partial charge is 0.0445 e. The lowest BCUT2D eigenvalue weighted by Gasteiger charge is -2.17. The molecule has 0 amide bonds. The van der Waals surface area contributed by atoms with Gasteiger partial charge in [0.05, 0.1) is 0 Å². The second-order valence-corrected chi connectivity index (χ2v) is 4.86. The van der Waals surface area contributed by atoms with Crippen molar-refractivity contribution in [2.75, 3.05) is 6.54 Å². The molecule has 0 aromatic carbocycles. The van der Waals surface area contributed by atoms with Gasteiger partial charge >= 0.3 is 0 Å². The Morgan fingerprint density at radius 3 is 2.06 bits per heavy atom. The predicted molar refractivity (Wildman–Crippen MR) is 69.4 cm³/mol. The number of hydrogen-bond donors (Lipinski definition) is 1. The Morgan fingerprint density at radius 2 is 1.53 bits per heavy atom. The Morgan fingerprint density at radius 1 is 1.00 bits per heavy atom. The molecule has 0 saturated carbocycles. The van der Waals surface area contributed by atoms with Crippen LogP contribution in [0, 0.1) is 5.92 Å². The molecule has 17 heavy (non-hydrogen) atoms. The van der Waals surface area contributed by atoms with Gasteiger partial charge < -0.3 is 15.6 Å². The summed E-state index contributed by atoms with van der Waals surface area (Å²) in [5.41, 5.74) is 5.40. The molecule has 3 nitrogen and oxygen atoms in total. The average Bonchev–Trinajstić information content (AvgIpc) is 2.31. The summed E-state index contributed by atoms with van der Waals surface area (Å²) >= 11 is 0. The Balaban J connectivity index is 3.52. The lowest BCUT2D eigenvalue weighted by Crippen LogP contribution is -2.31. The highest BCUT2D eigenvalue weighted by Gasteiger charge is 2.08. The molecule has 0 bridgehead atoms. The van der Waals surface area contributed by atoms with Gasteiger partial charge in [-0.2, -0.15) is 0 Å². The van der Waals surface area contributed by atoms with Crippen LogP contribution in [0.2, 0.25) is 0 Å². The van der Waals surface area contributed by atoms with Gasteiger partial charge in [-0.1, -0.05) is 51.9 Å². The molecule has 1 atom stereocenters. The van der Waals surface area contributed by atoms with Crippen LogP contribution in [0.3, 0.4) is 0 Å². The van der Waals surface area contributed by atoms with Crippen LogP contribution in [0.15, 0.2) is 0 Å². The van der Waals surface area contributed by atoms with Crippen molar-refractivity contribution in [1.82, 2.24) is 0 Å². The van der Waals surface area contributed by atoms with Gasteiger partial charge in [0.15, 0.2) is 0 Å². The van der Waals surface area contributed by atoms with Gasteiger partial charge in [0.2, 0.25) is 0 Å². The molecule has 0 aromatic heterocycles. The van der Waals surface area contributed by atoms with Crippen LogP contribution < -0.4 is 10.8 Å². The van der Waals surface area contributed by atoms with E-state index in [-0.39, 0.29) is 5.92 Å². The zero-order valence-corrected chi connectivity index (χ0v) is 11.2. The third-order valence-electron chi connectivity index (χ3n) is 3.25. The summed E-state index contributed by atoms with van der Waals surface area (Å²) in [6.45, 7) is 2.85. The summed E-state index contributed by atoms with van der Waals surface area (Å²) in [5.74, 6) is -1.14. The number of carbonyl (C=O) groups excluding carboxylic acids is 1. The molecular formula is C14H28NO2-. The Kier molecular flexibility index (Phi) is 11.5. The third kappa shape index (κ3) is 10.3. The predicted octanol–water partition coefficient (Wildman–Crippen LogP) is 2.23. The van der Waals surface area contributed by atoms with E-state index in [1.165, 1.54) is 25.7 Å². The minimum absolute atomic E-state index is 0.257. The summed E-state index contributed by atoms with van der Waals surface area (Å²) in [6, 6.07) is 0. The second-order valence-electron chi connectivity index (χ2n) is 4.86. The molecule has 102 valence electrons. The van der Waals surface area contributed by atoms with Gasteiger partial charge in [0.1, 0.15) is 0 Å². The summed E-state index contributed by atoms with van der Waals surface area (Å²) in [5, 5.41) is 10.9. The van der Waals surface area contributed by atoms with Gasteiger partial charge in [-0.05, 0) is 31.7 Å². The molecule has 0 radical (unpaired) electrons. The molecular weight excluding hydrogens is 214 g/mol. The molecule has 0 aliphatic rings. The number of carbonyl (C=O) groups is 1. The van der Waals surface area contributed by atoms with Crippen LogP contribution >= 0.6 is 0 Å². The van der Waals surface area contributed by atoms with Crippen LogP contribution in [0.25, 0.3) is 0 Å². The summed E-state index contributed by atoms with van der Waals surface area (Å²) < 4.78 is 0. The van der Waals surface area contributed by atoms with E-state index in [0.717, 1.165) is 38.5 Å². The fraction of sp³-hybridized carbons (Fsp3) is 0.929. The van der Waals surface area contributed by atoms with Crippen LogP contribution in [0.1, 0.15) is 71.1 Å². The average molecular weight is 242 g/mol. The van der Waals surface area contributed by atoms with E-state index >= 15 is 0 Å². The molecule has 1 unspecified atom stereocenters. The van der Waals surface area contributed by atoms with Gasteiger partial charge in [-0.3, -0.25) is 0 Å². The van der Waals surface area contributed by atoms with E-state index < -0.39 is 5.97 Å². The first kappa shape index (κ1) is 16.4. The molecule has 0 rings (SSSR count). The maximum absolute atomic E-state index is 10.9. The highest BCUT2D eigenvalue weighted by Crippen LogP contribution is 2.17. The lowest BCUT2D eigenvalue weighted by molar-refractivity contribution is -0.312. The van der Waals surface area contributed by atoms with Gasteiger partial charge in [0, 0.05) is 5.97 Å². The first-order chi connectivity index (χ1) is 8.22. The van der Waals surface area contributed by atoms with Gasteiger partial charge in [0.25, 0.3) is 0 Å². The quantitative estimate of drug-likeness (QED) is 0.534. The number of carboxylic acids is 1. The fourth-order valence-electron chi connectivity index (χ4n) is 2.09. The highest BCUT2D eigenvalue weighted by molar-refractivity contribution is 5.67. The van der Waals surface area contributed by atoms with E-state index in [9.17, 15) is 9.90 Å². The van der Waals surface area contributed by atoms with E-state index in [2.05, 4.69) is 6.92 Å². The van der Waals surface area contributed by atoms with Crippen molar-refractivity contribution < 1.29 is 9.90 Å². The van der Waals surface area contributed by atoms with Crippen molar-refractivity contribution in [1.29, 1.82) is 0 Å². The number of rotatable bonds is 12. The van der Waals surface area contributed by atoms with Crippen molar-refractivity contribution in [3.8, 4) is 0 Å². The molecule has 2 N–H and O–H groups in total. The summed E-state index contributed by atoms with van der Waals surface area (Å²) in [7, 11) is 0. The monoisotopic (exact) mass is 242 g/mol. The fourth-order valence-corrected chi connectivity index (χ4v) is 2.09. The minimum atomic E-state index is -0.879. The Bertz CT molecular complexity index is 183. The molecule has 0 fully saturated rings. The SMILES string of the molecule is CCCCCCCCC(CCCCN)C(=O)[O-]. The Hall–Kier alpha value is -0.570. The maximum Gasteiger partial charge on any atom is 0.0445 e. The zero-order valence-electron chi connectivity index (χ0n) is 11.2. The zero-order chi connectivity index (χ0) is 12.9. The molecule has 0 aliphatic carbocycles. The van der Waals surface area contributed by atoms with Crippen molar-refractivity contribution in [2.24, 2.45) is 11.7 Å². The van der Waals surface area contributed by atoms with Crippen molar-refractivity contribution in [2.45, 2.75) is 71.1 Å².